The number of hydrogen-bond donors (Lipinski definition) is 1. The second-order valence-corrected chi connectivity index (χ2v) is 4.85. The van der Waals surface area contributed by atoms with Gasteiger partial charge < -0.3 is 15.0 Å². The first-order chi connectivity index (χ1) is 8.62. The van der Waals surface area contributed by atoms with Crippen LogP contribution in [0.25, 0.3) is 0 Å². The summed E-state index contributed by atoms with van der Waals surface area (Å²) >= 11 is 0. The van der Waals surface area contributed by atoms with Crippen LogP contribution in [0, 0.1) is 6.92 Å². The molecule has 3 heteroatoms. The minimum atomic E-state index is 0.302. The minimum Gasteiger partial charge on any atom is -0.496 e. The lowest BCUT2D eigenvalue weighted by atomic mass is 10.0. The molecule has 102 valence electrons. The molecule has 1 unspecified atom stereocenters. The summed E-state index contributed by atoms with van der Waals surface area (Å²) in [6.45, 7) is 6.43. The number of methoxy groups -OCH3 is 1. The Kier molecular flexibility index (Phi) is 6.16. The van der Waals surface area contributed by atoms with Crippen molar-refractivity contribution in [3.8, 4) is 5.75 Å². The van der Waals surface area contributed by atoms with Gasteiger partial charge in [0.25, 0.3) is 0 Å². The molecule has 0 bridgehead atoms. The zero-order chi connectivity index (χ0) is 13.5. The van der Waals surface area contributed by atoms with Gasteiger partial charge in [-0.05, 0) is 40.1 Å². The maximum absolute atomic E-state index is 5.47. The lowest BCUT2D eigenvalue weighted by Gasteiger charge is -2.25. The topological polar surface area (TPSA) is 24.5 Å². The summed E-state index contributed by atoms with van der Waals surface area (Å²) in [6.07, 6.45) is 1.18. The van der Waals surface area contributed by atoms with Gasteiger partial charge >= 0.3 is 0 Å². The van der Waals surface area contributed by atoms with Crippen molar-refractivity contribution in [2.75, 3.05) is 34.3 Å². The normalized spacial score (nSPS) is 12.8. The van der Waals surface area contributed by atoms with Crippen LogP contribution in [0.4, 0.5) is 0 Å². The fourth-order valence-electron chi connectivity index (χ4n) is 2.26. The number of hydrogen-bond acceptors (Lipinski definition) is 3. The second kappa shape index (κ2) is 7.39. The van der Waals surface area contributed by atoms with E-state index in [0.717, 1.165) is 18.8 Å². The van der Waals surface area contributed by atoms with Crippen molar-refractivity contribution >= 4 is 0 Å². The Labute approximate surface area is 111 Å². The number of benzene rings is 1. The van der Waals surface area contributed by atoms with Gasteiger partial charge in [-0.1, -0.05) is 24.6 Å². The summed E-state index contributed by atoms with van der Waals surface area (Å²) in [6, 6.07) is 6.65. The first-order valence-electron chi connectivity index (χ1n) is 6.62. The van der Waals surface area contributed by atoms with Crippen LogP contribution in [0.1, 0.15) is 30.5 Å². The molecular formula is C15H26N2O. The third kappa shape index (κ3) is 4.00. The Bertz CT molecular complexity index is 366. The molecule has 0 radical (unpaired) electrons. The van der Waals surface area contributed by atoms with Gasteiger partial charge in [0.15, 0.2) is 0 Å². The van der Waals surface area contributed by atoms with E-state index in [1.807, 2.05) is 7.05 Å². The van der Waals surface area contributed by atoms with Crippen molar-refractivity contribution in [2.24, 2.45) is 0 Å². The number of aryl methyl sites for hydroxylation is 1. The van der Waals surface area contributed by atoms with E-state index in [4.69, 9.17) is 4.74 Å². The van der Waals surface area contributed by atoms with E-state index in [1.165, 1.54) is 17.5 Å². The summed E-state index contributed by atoms with van der Waals surface area (Å²) in [5.74, 6) is 0.963. The molecule has 0 aromatic heterocycles. The number of nitrogens with one attached hydrogen (secondary N) is 1. The van der Waals surface area contributed by atoms with Gasteiger partial charge in [-0.2, -0.15) is 0 Å². The zero-order valence-electron chi connectivity index (χ0n) is 12.3. The van der Waals surface area contributed by atoms with Crippen molar-refractivity contribution < 1.29 is 4.74 Å². The minimum absolute atomic E-state index is 0.302. The molecule has 0 heterocycles. The standard InChI is InChI=1S/C15H26N2O/c1-6-9-17(4)11-14(16-3)13-10-12(2)7-8-15(13)18-5/h7-8,10,14,16H,6,9,11H2,1-5H3. The van der Waals surface area contributed by atoms with Crippen LogP contribution in [0.3, 0.4) is 0 Å². The van der Waals surface area contributed by atoms with Gasteiger partial charge in [-0.15, -0.1) is 0 Å². The highest BCUT2D eigenvalue weighted by Gasteiger charge is 2.16. The quantitative estimate of drug-likeness (QED) is 0.805. The number of nitrogens with zero attached hydrogens (tertiary/aromatic N) is 1. The highest BCUT2D eigenvalue weighted by Crippen LogP contribution is 2.26. The summed E-state index contributed by atoms with van der Waals surface area (Å²) in [4.78, 5) is 2.35. The first-order valence-corrected chi connectivity index (χ1v) is 6.62. The molecule has 1 rings (SSSR count). The third-order valence-corrected chi connectivity index (χ3v) is 3.21. The van der Waals surface area contributed by atoms with E-state index in [-0.39, 0.29) is 0 Å². The van der Waals surface area contributed by atoms with Crippen LogP contribution >= 0.6 is 0 Å². The molecule has 0 aliphatic carbocycles. The number of rotatable bonds is 7. The fraction of sp³-hybridized carbons (Fsp3) is 0.600. The van der Waals surface area contributed by atoms with Gasteiger partial charge in [-0.3, -0.25) is 0 Å². The lowest BCUT2D eigenvalue weighted by Crippen LogP contribution is -2.32. The van der Waals surface area contributed by atoms with E-state index in [1.54, 1.807) is 7.11 Å². The predicted octanol–water partition coefficient (Wildman–Crippen LogP) is 2.61. The molecule has 0 aliphatic rings. The Morgan fingerprint density at radius 2 is 2.11 bits per heavy atom. The van der Waals surface area contributed by atoms with Crippen LogP contribution in [-0.4, -0.2) is 39.2 Å². The van der Waals surface area contributed by atoms with E-state index < -0.39 is 0 Å². The highest BCUT2D eigenvalue weighted by atomic mass is 16.5. The monoisotopic (exact) mass is 250 g/mol. The average molecular weight is 250 g/mol. The molecule has 1 atom stereocenters. The number of likely N-dealkylation sites (N-methyl/N-ethyl adjacent to an activating group) is 2. The Morgan fingerprint density at radius 1 is 1.39 bits per heavy atom. The Balaban J connectivity index is 2.89. The summed E-state index contributed by atoms with van der Waals surface area (Å²) in [5, 5.41) is 3.39. The molecule has 1 N–H and O–H groups in total. The van der Waals surface area contributed by atoms with Crippen LogP contribution in [0.5, 0.6) is 5.75 Å². The Hall–Kier alpha value is -1.06. The van der Waals surface area contributed by atoms with Crippen LogP contribution in [-0.2, 0) is 0 Å². The largest absolute Gasteiger partial charge is 0.496 e. The third-order valence-electron chi connectivity index (χ3n) is 3.21. The maximum Gasteiger partial charge on any atom is 0.123 e. The van der Waals surface area contributed by atoms with Crippen LogP contribution in [0.2, 0.25) is 0 Å². The molecule has 0 saturated carbocycles. The predicted molar refractivity (Wildman–Crippen MR) is 77.3 cm³/mol. The van der Waals surface area contributed by atoms with Crippen LogP contribution < -0.4 is 10.1 Å². The fourth-order valence-corrected chi connectivity index (χ4v) is 2.26. The molecular weight excluding hydrogens is 224 g/mol. The molecule has 0 spiro atoms. The summed E-state index contributed by atoms with van der Waals surface area (Å²) < 4.78 is 5.47. The van der Waals surface area contributed by atoms with Crippen molar-refractivity contribution in [3.63, 3.8) is 0 Å². The zero-order valence-corrected chi connectivity index (χ0v) is 12.3. The highest BCUT2D eigenvalue weighted by molar-refractivity contribution is 5.39. The molecule has 18 heavy (non-hydrogen) atoms. The molecule has 0 amide bonds. The summed E-state index contributed by atoms with van der Waals surface area (Å²) in [5.41, 5.74) is 2.51. The molecule has 1 aromatic carbocycles. The van der Waals surface area contributed by atoms with E-state index >= 15 is 0 Å². The van der Waals surface area contributed by atoms with Gasteiger partial charge in [0.05, 0.1) is 7.11 Å². The second-order valence-electron chi connectivity index (χ2n) is 4.85. The number of ether oxygens (including phenoxy) is 1. The first kappa shape index (κ1) is 15.0. The van der Waals surface area contributed by atoms with Gasteiger partial charge in [0.1, 0.15) is 5.75 Å². The molecule has 3 nitrogen and oxygen atoms in total. The summed E-state index contributed by atoms with van der Waals surface area (Å²) in [7, 11) is 5.90. The van der Waals surface area contributed by atoms with Crippen molar-refractivity contribution in [2.45, 2.75) is 26.3 Å². The maximum atomic E-state index is 5.47. The molecule has 0 aliphatic heterocycles. The van der Waals surface area contributed by atoms with Crippen molar-refractivity contribution in [1.29, 1.82) is 0 Å². The van der Waals surface area contributed by atoms with Gasteiger partial charge in [0, 0.05) is 18.2 Å². The van der Waals surface area contributed by atoms with Crippen LogP contribution in [0.15, 0.2) is 18.2 Å². The average Bonchev–Trinajstić information content (AvgIpc) is 2.36. The van der Waals surface area contributed by atoms with E-state index in [2.05, 4.69) is 49.3 Å². The van der Waals surface area contributed by atoms with Gasteiger partial charge in [-0.25, -0.2) is 0 Å². The lowest BCUT2D eigenvalue weighted by molar-refractivity contribution is 0.292. The Morgan fingerprint density at radius 3 is 2.67 bits per heavy atom. The van der Waals surface area contributed by atoms with Gasteiger partial charge in [0.2, 0.25) is 0 Å². The van der Waals surface area contributed by atoms with E-state index in [9.17, 15) is 0 Å². The molecule has 0 saturated heterocycles. The smallest absolute Gasteiger partial charge is 0.123 e. The molecule has 0 fully saturated rings. The molecule has 1 aromatic rings. The van der Waals surface area contributed by atoms with E-state index in [0.29, 0.717) is 6.04 Å². The van der Waals surface area contributed by atoms with Crippen molar-refractivity contribution in [1.82, 2.24) is 10.2 Å². The van der Waals surface area contributed by atoms with Crippen molar-refractivity contribution in [3.05, 3.63) is 29.3 Å². The SMILES string of the molecule is CCCN(C)CC(NC)c1cc(C)ccc1OC.